The topological polar surface area (TPSA) is 66.1 Å². The van der Waals surface area contributed by atoms with Crippen LogP contribution in [0, 0.1) is 5.41 Å². The van der Waals surface area contributed by atoms with Crippen LogP contribution >= 0.6 is 0 Å². The van der Waals surface area contributed by atoms with Crippen molar-refractivity contribution in [2.45, 2.75) is 13.0 Å². The molecule has 0 fully saturated rings. The van der Waals surface area contributed by atoms with Gasteiger partial charge in [-0.05, 0) is 24.6 Å². The highest BCUT2D eigenvalue weighted by atomic mass is 16.3. The Morgan fingerprint density at radius 3 is 2.55 bits per heavy atom. The first-order valence-corrected chi connectivity index (χ1v) is 7.08. The number of hydrogen-bond acceptors (Lipinski definition) is 3. The Balaban J connectivity index is 1.89. The van der Waals surface area contributed by atoms with Gasteiger partial charge in [-0.3, -0.25) is 10.2 Å². The van der Waals surface area contributed by atoms with Gasteiger partial charge < -0.3 is 9.73 Å². The van der Waals surface area contributed by atoms with E-state index in [9.17, 15) is 4.79 Å². The number of amides is 1. The van der Waals surface area contributed by atoms with Crippen LogP contribution in [0.5, 0.6) is 0 Å². The average molecular weight is 292 g/mol. The number of fused-ring (bicyclic) bond motifs is 1. The number of carbonyl (C=O) groups is 1. The maximum atomic E-state index is 12.4. The average Bonchev–Trinajstić information content (AvgIpc) is 2.54. The van der Waals surface area contributed by atoms with Crippen LogP contribution in [0.2, 0.25) is 0 Å². The van der Waals surface area contributed by atoms with Crippen molar-refractivity contribution in [3.63, 3.8) is 0 Å². The molecule has 1 atom stereocenters. The molecule has 1 aromatic heterocycles. The molecule has 3 rings (SSSR count). The summed E-state index contributed by atoms with van der Waals surface area (Å²) in [5.41, 5.74) is 1.72. The fourth-order valence-corrected chi connectivity index (χ4v) is 2.35. The van der Waals surface area contributed by atoms with Crippen LogP contribution in [0.4, 0.5) is 0 Å². The molecule has 1 unspecified atom stereocenters. The normalized spacial score (nSPS) is 12.0. The molecule has 0 aliphatic heterocycles. The molecule has 0 aliphatic rings. The summed E-state index contributed by atoms with van der Waals surface area (Å²) in [6.07, 6.45) is 0. The van der Waals surface area contributed by atoms with E-state index >= 15 is 0 Å². The Labute approximate surface area is 127 Å². The van der Waals surface area contributed by atoms with E-state index in [1.165, 1.54) is 0 Å². The van der Waals surface area contributed by atoms with Crippen molar-refractivity contribution in [2.75, 3.05) is 0 Å². The third-order valence-corrected chi connectivity index (χ3v) is 3.57. The molecule has 2 aromatic carbocycles. The molecule has 22 heavy (non-hydrogen) atoms. The molecule has 4 nitrogen and oxygen atoms in total. The highest BCUT2D eigenvalue weighted by Gasteiger charge is 2.14. The van der Waals surface area contributed by atoms with Crippen LogP contribution in [0.3, 0.4) is 0 Å². The summed E-state index contributed by atoms with van der Waals surface area (Å²) in [6.45, 7) is 1.91. The minimum absolute atomic E-state index is 0.128. The molecule has 0 spiro atoms. The second-order valence-electron chi connectivity index (χ2n) is 5.13. The summed E-state index contributed by atoms with van der Waals surface area (Å²) in [7, 11) is 0. The molecule has 1 heterocycles. The van der Waals surface area contributed by atoms with Crippen molar-refractivity contribution < 1.29 is 9.21 Å². The quantitative estimate of drug-likeness (QED) is 0.777. The third-order valence-electron chi connectivity index (χ3n) is 3.57. The zero-order valence-electron chi connectivity index (χ0n) is 12.2. The molecular weight excluding hydrogens is 276 g/mol. The lowest BCUT2D eigenvalue weighted by molar-refractivity contribution is 0.0935. The highest BCUT2D eigenvalue weighted by molar-refractivity contribution is 5.96. The molecule has 0 saturated heterocycles. The van der Waals surface area contributed by atoms with Crippen molar-refractivity contribution in [1.29, 1.82) is 5.41 Å². The van der Waals surface area contributed by atoms with Gasteiger partial charge in [-0.15, -0.1) is 0 Å². The van der Waals surface area contributed by atoms with Crippen LogP contribution in [-0.2, 0) is 0 Å². The van der Waals surface area contributed by atoms with Gasteiger partial charge in [0, 0.05) is 5.39 Å². The smallest absolute Gasteiger partial charge is 0.257 e. The summed E-state index contributed by atoms with van der Waals surface area (Å²) in [5.74, 6) is -0.309. The van der Waals surface area contributed by atoms with E-state index in [0.717, 1.165) is 10.9 Å². The van der Waals surface area contributed by atoms with Gasteiger partial charge in [0.15, 0.2) is 0 Å². The first-order chi connectivity index (χ1) is 10.6. The Kier molecular flexibility index (Phi) is 3.74. The number of rotatable bonds is 3. The highest BCUT2D eigenvalue weighted by Crippen LogP contribution is 2.15. The van der Waals surface area contributed by atoms with Crippen LogP contribution in [0.1, 0.15) is 28.9 Å². The third kappa shape index (κ3) is 2.76. The summed E-state index contributed by atoms with van der Waals surface area (Å²) in [4.78, 5) is 12.4. The summed E-state index contributed by atoms with van der Waals surface area (Å²) in [6, 6.07) is 18.6. The lowest BCUT2D eigenvalue weighted by atomic mass is 10.1. The maximum Gasteiger partial charge on any atom is 0.257 e. The molecule has 0 saturated carbocycles. The van der Waals surface area contributed by atoms with Gasteiger partial charge in [0.2, 0.25) is 5.55 Å². The van der Waals surface area contributed by atoms with E-state index < -0.39 is 0 Å². The van der Waals surface area contributed by atoms with Crippen LogP contribution in [0.25, 0.3) is 11.0 Å². The largest absolute Gasteiger partial charge is 0.438 e. The van der Waals surface area contributed by atoms with Gasteiger partial charge in [0.1, 0.15) is 11.1 Å². The van der Waals surface area contributed by atoms with Gasteiger partial charge in [0.05, 0.1) is 6.04 Å². The fraction of sp³-hybridized carbons (Fsp3) is 0.111. The molecular formula is C18H16N2O2. The lowest BCUT2D eigenvalue weighted by Gasteiger charge is -2.14. The Bertz CT molecular complexity index is 869. The van der Waals surface area contributed by atoms with Crippen LogP contribution in [0.15, 0.2) is 65.1 Å². The van der Waals surface area contributed by atoms with Crippen molar-refractivity contribution >= 4 is 16.9 Å². The van der Waals surface area contributed by atoms with Crippen molar-refractivity contribution in [3.05, 3.63) is 77.3 Å². The molecule has 0 bridgehead atoms. The van der Waals surface area contributed by atoms with Gasteiger partial charge in [-0.25, -0.2) is 0 Å². The number of benzene rings is 2. The summed E-state index contributed by atoms with van der Waals surface area (Å²) in [5, 5.41) is 11.6. The van der Waals surface area contributed by atoms with E-state index in [1.807, 2.05) is 55.5 Å². The Morgan fingerprint density at radius 2 is 1.77 bits per heavy atom. The monoisotopic (exact) mass is 292 g/mol. The first kappa shape index (κ1) is 14.1. The van der Waals surface area contributed by atoms with Gasteiger partial charge in [-0.1, -0.05) is 48.5 Å². The minimum Gasteiger partial charge on any atom is -0.438 e. The van der Waals surface area contributed by atoms with E-state index in [2.05, 4.69) is 5.32 Å². The molecule has 4 heteroatoms. The minimum atomic E-state index is -0.309. The molecule has 3 aromatic rings. The predicted octanol–water partition coefficient (Wildman–Crippen LogP) is 3.40. The van der Waals surface area contributed by atoms with Crippen LogP contribution in [-0.4, -0.2) is 5.91 Å². The SMILES string of the molecule is CC(NC(=O)c1cc2ccccc2oc1=N)c1ccccc1. The lowest BCUT2D eigenvalue weighted by Crippen LogP contribution is -2.30. The maximum absolute atomic E-state index is 12.4. The van der Waals surface area contributed by atoms with E-state index in [1.54, 1.807) is 12.1 Å². The van der Waals surface area contributed by atoms with E-state index in [4.69, 9.17) is 9.83 Å². The number of nitrogens with one attached hydrogen (secondary N) is 2. The zero-order valence-corrected chi connectivity index (χ0v) is 12.2. The molecule has 0 aliphatic carbocycles. The number of carbonyl (C=O) groups excluding carboxylic acids is 1. The molecule has 0 radical (unpaired) electrons. The number of para-hydroxylation sites is 1. The number of hydrogen-bond donors (Lipinski definition) is 2. The Hall–Kier alpha value is -2.88. The second kappa shape index (κ2) is 5.85. The van der Waals surface area contributed by atoms with E-state index in [0.29, 0.717) is 5.58 Å². The molecule has 2 N–H and O–H groups in total. The zero-order chi connectivity index (χ0) is 15.5. The van der Waals surface area contributed by atoms with Crippen molar-refractivity contribution in [3.8, 4) is 0 Å². The standard InChI is InChI=1S/C18H16N2O2/c1-12(13-7-3-2-4-8-13)20-18(21)15-11-14-9-5-6-10-16(14)22-17(15)19/h2-12,19H,1H3,(H,20,21). The van der Waals surface area contributed by atoms with Crippen molar-refractivity contribution in [2.24, 2.45) is 0 Å². The summed E-state index contributed by atoms with van der Waals surface area (Å²) < 4.78 is 5.41. The van der Waals surface area contributed by atoms with Gasteiger partial charge in [-0.2, -0.15) is 0 Å². The fourth-order valence-electron chi connectivity index (χ4n) is 2.35. The predicted molar refractivity (Wildman–Crippen MR) is 84.4 cm³/mol. The van der Waals surface area contributed by atoms with E-state index in [-0.39, 0.29) is 23.1 Å². The van der Waals surface area contributed by atoms with Gasteiger partial charge in [0.25, 0.3) is 5.91 Å². The molecule has 110 valence electrons. The van der Waals surface area contributed by atoms with Crippen LogP contribution < -0.4 is 10.9 Å². The molecule has 1 amide bonds. The second-order valence-corrected chi connectivity index (χ2v) is 5.13. The summed E-state index contributed by atoms with van der Waals surface area (Å²) >= 11 is 0. The Morgan fingerprint density at radius 1 is 1.09 bits per heavy atom. The first-order valence-electron chi connectivity index (χ1n) is 7.08. The van der Waals surface area contributed by atoms with Gasteiger partial charge >= 0.3 is 0 Å². The van der Waals surface area contributed by atoms with Crippen molar-refractivity contribution in [1.82, 2.24) is 5.32 Å².